The van der Waals surface area contributed by atoms with E-state index < -0.39 is 6.04 Å². The lowest BCUT2D eigenvalue weighted by molar-refractivity contribution is -0.145. The Balaban J connectivity index is 2.11. The van der Waals surface area contributed by atoms with Crippen molar-refractivity contribution in [2.24, 2.45) is 5.73 Å². The topological polar surface area (TPSA) is 52.3 Å². The second-order valence-electron chi connectivity index (χ2n) is 4.87. The first-order valence-electron chi connectivity index (χ1n) is 7.38. The molecule has 0 saturated carbocycles. The van der Waals surface area contributed by atoms with Crippen molar-refractivity contribution in [3.63, 3.8) is 0 Å². The molecule has 0 bridgehead atoms. The summed E-state index contributed by atoms with van der Waals surface area (Å²) in [4.78, 5) is 11.6. The highest BCUT2D eigenvalue weighted by atomic mass is 35.5. The van der Waals surface area contributed by atoms with Gasteiger partial charge in [-0.2, -0.15) is 11.8 Å². The lowest BCUT2D eigenvalue weighted by Gasteiger charge is -2.11. The molecule has 1 aromatic rings. The maximum absolute atomic E-state index is 11.6. The molecule has 1 unspecified atom stereocenters. The van der Waals surface area contributed by atoms with Gasteiger partial charge in [-0.15, -0.1) is 0 Å². The molecule has 1 rings (SSSR count). The molecule has 5 heteroatoms. The van der Waals surface area contributed by atoms with E-state index in [1.165, 1.54) is 0 Å². The van der Waals surface area contributed by atoms with Gasteiger partial charge in [0.25, 0.3) is 0 Å². The summed E-state index contributed by atoms with van der Waals surface area (Å²) in [5, 5.41) is 0.814. The van der Waals surface area contributed by atoms with E-state index in [0.29, 0.717) is 13.0 Å². The Bertz CT molecular complexity index is 428. The number of thioether (sulfide) groups is 1. The summed E-state index contributed by atoms with van der Waals surface area (Å²) >= 11 is 7.88. The lowest BCUT2D eigenvalue weighted by atomic mass is 10.2. The minimum Gasteiger partial charge on any atom is -0.465 e. The van der Waals surface area contributed by atoms with Gasteiger partial charge in [0.05, 0.1) is 6.61 Å². The van der Waals surface area contributed by atoms with E-state index in [2.05, 4.69) is 6.92 Å². The molecule has 0 aliphatic rings. The van der Waals surface area contributed by atoms with Gasteiger partial charge in [0.15, 0.2) is 0 Å². The number of hydrogen-bond acceptors (Lipinski definition) is 4. The van der Waals surface area contributed by atoms with Gasteiger partial charge in [0, 0.05) is 5.02 Å². The van der Waals surface area contributed by atoms with E-state index in [9.17, 15) is 4.79 Å². The number of benzene rings is 1. The number of carbonyl (C=O) groups is 1. The maximum atomic E-state index is 11.6. The third-order valence-corrected chi connectivity index (χ3v) is 4.48. The van der Waals surface area contributed by atoms with Crippen LogP contribution in [0, 0.1) is 0 Å². The smallest absolute Gasteiger partial charge is 0.322 e. The van der Waals surface area contributed by atoms with E-state index in [1.54, 1.807) is 11.8 Å². The van der Waals surface area contributed by atoms with Crippen LogP contribution in [0.4, 0.5) is 0 Å². The van der Waals surface area contributed by atoms with Crippen molar-refractivity contribution in [1.82, 2.24) is 0 Å². The molecule has 118 valence electrons. The maximum Gasteiger partial charge on any atom is 0.322 e. The normalized spacial score (nSPS) is 12.1. The van der Waals surface area contributed by atoms with Crippen molar-refractivity contribution in [1.29, 1.82) is 0 Å². The zero-order chi connectivity index (χ0) is 15.5. The van der Waals surface area contributed by atoms with Crippen LogP contribution in [0.1, 0.15) is 31.7 Å². The molecule has 0 spiro atoms. The van der Waals surface area contributed by atoms with Crippen LogP contribution in [0.15, 0.2) is 24.3 Å². The van der Waals surface area contributed by atoms with E-state index in [1.807, 2.05) is 24.3 Å². The highest BCUT2D eigenvalue weighted by molar-refractivity contribution is 7.99. The van der Waals surface area contributed by atoms with Crippen molar-refractivity contribution in [2.45, 2.75) is 38.6 Å². The largest absolute Gasteiger partial charge is 0.465 e. The number of aryl methyl sites for hydroxylation is 1. The van der Waals surface area contributed by atoms with Crippen LogP contribution in [-0.2, 0) is 16.0 Å². The predicted molar refractivity (Wildman–Crippen MR) is 90.9 cm³/mol. The number of nitrogens with two attached hydrogens (primary N) is 1. The summed E-state index contributed by atoms with van der Waals surface area (Å²) in [6.45, 7) is 2.53. The molecule has 21 heavy (non-hydrogen) atoms. The minimum absolute atomic E-state index is 0.282. The first-order valence-corrected chi connectivity index (χ1v) is 8.91. The summed E-state index contributed by atoms with van der Waals surface area (Å²) in [5.74, 6) is 1.55. The predicted octanol–water partition coefficient (Wildman–Crippen LogP) is 3.68. The summed E-state index contributed by atoms with van der Waals surface area (Å²) < 4.78 is 5.10. The molecule has 2 N–H and O–H groups in total. The Morgan fingerprint density at radius 3 is 2.86 bits per heavy atom. The number of halogens is 1. The van der Waals surface area contributed by atoms with Crippen molar-refractivity contribution < 1.29 is 9.53 Å². The summed E-state index contributed by atoms with van der Waals surface area (Å²) in [7, 11) is 0. The molecular formula is C16H24ClNO2S. The van der Waals surface area contributed by atoms with Crippen molar-refractivity contribution >= 4 is 29.3 Å². The summed E-state index contributed by atoms with van der Waals surface area (Å²) in [6, 6.07) is 7.37. The number of unbranched alkanes of at least 4 members (excludes halogenated alkanes) is 1. The molecule has 0 heterocycles. The van der Waals surface area contributed by atoms with Gasteiger partial charge in [0.1, 0.15) is 6.04 Å². The molecular weight excluding hydrogens is 306 g/mol. The van der Waals surface area contributed by atoms with Crippen LogP contribution in [0.25, 0.3) is 0 Å². The molecule has 0 aliphatic carbocycles. The van der Waals surface area contributed by atoms with Crippen LogP contribution in [0.2, 0.25) is 5.02 Å². The number of ether oxygens (including phenoxy) is 1. The summed E-state index contributed by atoms with van der Waals surface area (Å²) in [5.41, 5.74) is 6.97. The quantitative estimate of drug-likeness (QED) is 0.525. The first kappa shape index (κ1) is 18.3. The average Bonchev–Trinajstić information content (AvgIpc) is 2.48. The second kappa shape index (κ2) is 10.9. The highest BCUT2D eigenvalue weighted by Crippen LogP contribution is 2.17. The fourth-order valence-electron chi connectivity index (χ4n) is 1.74. The van der Waals surface area contributed by atoms with E-state index in [0.717, 1.165) is 41.4 Å². The van der Waals surface area contributed by atoms with Crippen molar-refractivity contribution in [3.8, 4) is 0 Å². The van der Waals surface area contributed by atoms with E-state index >= 15 is 0 Å². The Morgan fingerprint density at radius 2 is 2.14 bits per heavy atom. The Morgan fingerprint density at radius 1 is 1.38 bits per heavy atom. The SMILES string of the molecule is CCCCOC(=O)C(N)CCSCCc1ccccc1Cl. The molecule has 0 radical (unpaired) electrons. The molecule has 0 aliphatic heterocycles. The average molecular weight is 330 g/mol. The van der Waals surface area contributed by atoms with Crippen LogP contribution < -0.4 is 5.73 Å². The Hall–Kier alpha value is -0.710. The lowest BCUT2D eigenvalue weighted by Crippen LogP contribution is -2.33. The molecule has 3 nitrogen and oxygen atoms in total. The standard InChI is InChI=1S/C16H24ClNO2S/c1-2-3-10-20-16(19)15(18)9-12-21-11-8-13-6-4-5-7-14(13)17/h4-7,15H,2-3,8-12,18H2,1H3. The first-order chi connectivity index (χ1) is 10.1. The van der Waals surface area contributed by atoms with Crippen LogP contribution in [0.5, 0.6) is 0 Å². The molecule has 0 saturated heterocycles. The minimum atomic E-state index is -0.505. The highest BCUT2D eigenvalue weighted by Gasteiger charge is 2.14. The molecule has 0 amide bonds. The van der Waals surface area contributed by atoms with E-state index in [-0.39, 0.29) is 5.97 Å². The van der Waals surface area contributed by atoms with Gasteiger partial charge in [-0.3, -0.25) is 4.79 Å². The summed E-state index contributed by atoms with van der Waals surface area (Å²) in [6.07, 6.45) is 3.49. The zero-order valence-electron chi connectivity index (χ0n) is 12.5. The van der Waals surface area contributed by atoms with Crippen molar-refractivity contribution in [2.75, 3.05) is 18.1 Å². The van der Waals surface area contributed by atoms with Gasteiger partial charge in [0.2, 0.25) is 0 Å². The molecule has 1 aromatic carbocycles. The van der Waals surface area contributed by atoms with Crippen LogP contribution >= 0.6 is 23.4 Å². The second-order valence-corrected chi connectivity index (χ2v) is 6.50. The van der Waals surface area contributed by atoms with Gasteiger partial charge in [-0.1, -0.05) is 43.1 Å². The Labute approximate surface area is 136 Å². The number of esters is 1. The number of rotatable bonds is 10. The van der Waals surface area contributed by atoms with Crippen LogP contribution in [0.3, 0.4) is 0 Å². The van der Waals surface area contributed by atoms with Crippen LogP contribution in [-0.4, -0.2) is 30.1 Å². The molecule has 0 aromatic heterocycles. The van der Waals surface area contributed by atoms with Gasteiger partial charge in [-0.05, 0) is 42.4 Å². The molecule has 1 atom stereocenters. The fraction of sp³-hybridized carbons (Fsp3) is 0.562. The fourth-order valence-corrected chi connectivity index (χ4v) is 2.96. The van der Waals surface area contributed by atoms with Gasteiger partial charge in [-0.25, -0.2) is 0 Å². The number of hydrogen-bond donors (Lipinski definition) is 1. The monoisotopic (exact) mass is 329 g/mol. The Kier molecular flexibility index (Phi) is 9.55. The number of carbonyl (C=O) groups excluding carboxylic acids is 1. The zero-order valence-corrected chi connectivity index (χ0v) is 14.1. The molecule has 0 fully saturated rings. The third-order valence-electron chi connectivity index (χ3n) is 3.09. The van der Waals surface area contributed by atoms with Gasteiger partial charge < -0.3 is 10.5 Å². The third kappa shape index (κ3) is 7.74. The van der Waals surface area contributed by atoms with Crippen molar-refractivity contribution in [3.05, 3.63) is 34.9 Å². The van der Waals surface area contributed by atoms with Gasteiger partial charge >= 0.3 is 5.97 Å². The van der Waals surface area contributed by atoms with E-state index in [4.69, 9.17) is 22.1 Å².